The van der Waals surface area contributed by atoms with Crippen molar-refractivity contribution in [2.75, 3.05) is 31.6 Å². The number of piperidine rings is 1. The molecule has 0 aliphatic carbocycles. The molecule has 2 N–H and O–H groups in total. The molecule has 6 nitrogen and oxygen atoms in total. The normalized spacial score (nSPS) is 17.0. The number of nitrogens with one attached hydrogen (secondary N) is 1. The third kappa shape index (κ3) is 5.13. The Kier molecular flexibility index (Phi) is 6.20. The summed E-state index contributed by atoms with van der Waals surface area (Å²) >= 11 is 0. The number of aliphatic hydroxyl groups is 1. The number of likely N-dealkylation sites (tertiary alicyclic amines) is 1. The summed E-state index contributed by atoms with van der Waals surface area (Å²) in [5.41, 5.74) is 0. The highest BCUT2D eigenvalue weighted by molar-refractivity contribution is 5.91. The van der Waals surface area contributed by atoms with Gasteiger partial charge in [0.25, 0.3) is 0 Å². The van der Waals surface area contributed by atoms with Crippen molar-refractivity contribution in [3.63, 3.8) is 0 Å². The number of amides is 1. The number of anilines is 1. The standard InChI is InChI=1S/C15H25N3O3/c1-12-11-14(17-21-12)16-15(20)13-5-8-18(9-6-13)7-3-2-4-10-19/h11,13,19H,2-10H2,1H3,(H,16,17,20). The molecule has 0 bridgehead atoms. The van der Waals surface area contributed by atoms with Crippen molar-refractivity contribution in [3.05, 3.63) is 11.8 Å². The molecule has 0 atom stereocenters. The van der Waals surface area contributed by atoms with Crippen LogP contribution in [0.5, 0.6) is 0 Å². The number of unbranched alkanes of at least 4 members (excludes halogenated alkanes) is 2. The SMILES string of the molecule is Cc1cc(NC(=O)C2CCN(CCCCCO)CC2)no1. The van der Waals surface area contributed by atoms with Gasteiger partial charge in [0.2, 0.25) is 5.91 Å². The van der Waals surface area contributed by atoms with Crippen molar-refractivity contribution in [2.45, 2.75) is 39.0 Å². The highest BCUT2D eigenvalue weighted by atomic mass is 16.5. The zero-order valence-electron chi connectivity index (χ0n) is 12.7. The van der Waals surface area contributed by atoms with Crippen molar-refractivity contribution in [3.8, 4) is 0 Å². The zero-order valence-corrected chi connectivity index (χ0v) is 12.7. The highest BCUT2D eigenvalue weighted by Gasteiger charge is 2.25. The molecule has 1 fully saturated rings. The van der Waals surface area contributed by atoms with E-state index in [1.807, 2.05) is 0 Å². The molecular formula is C15H25N3O3. The van der Waals surface area contributed by atoms with E-state index in [4.69, 9.17) is 9.63 Å². The lowest BCUT2D eigenvalue weighted by Crippen LogP contribution is -2.38. The van der Waals surface area contributed by atoms with Gasteiger partial charge in [0.05, 0.1) is 0 Å². The van der Waals surface area contributed by atoms with Gasteiger partial charge in [0.1, 0.15) is 5.76 Å². The first-order chi connectivity index (χ1) is 10.2. The van der Waals surface area contributed by atoms with Gasteiger partial charge in [0.15, 0.2) is 5.82 Å². The van der Waals surface area contributed by atoms with Gasteiger partial charge in [-0.3, -0.25) is 4.79 Å². The first kappa shape index (κ1) is 16.0. The number of aromatic nitrogens is 1. The molecule has 0 aromatic carbocycles. The Morgan fingerprint density at radius 2 is 2.19 bits per heavy atom. The molecule has 118 valence electrons. The van der Waals surface area contributed by atoms with Gasteiger partial charge in [-0.2, -0.15) is 0 Å². The van der Waals surface area contributed by atoms with Crippen LogP contribution >= 0.6 is 0 Å². The van der Waals surface area contributed by atoms with Crippen LogP contribution < -0.4 is 5.32 Å². The van der Waals surface area contributed by atoms with E-state index >= 15 is 0 Å². The average Bonchev–Trinajstić information content (AvgIpc) is 2.89. The number of hydrogen-bond donors (Lipinski definition) is 2. The van der Waals surface area contributed by atoms with Crippen molar-refractivity contribution in [1.29, 1.82) is 0 Å². The Bertz CT molecular complexity index is 439. The van der Waals surface area contributed by atoms with E-state index < -0.39 is 0 Å². The Hall–Kier alpha value is -1.40. The predicted molar refractivity (Wildman–Crippen MR) is 80.0 cm³/mol. The van der Waals surface area contributed by atoms with Crippen LogP contribution in [0.2, 0.25) is 0 Å². The molecule has 1 aromatic heterocycles. The summed E-state index contributed by atoms with van der Waals surface area (Å²) in [5, 5.41) is 15.4. The fourth-order valence-corrected chi connectivity index (χ4v) is 2.70. The van der Waals surface area contributed by atoms with E-state index in [2.05, 4.69) is 15.4 Å². The minimum atomic E-state index is 0.0447. The smallest absolute Gasteiger partial charge is 0.228 e. The molecule has 0 radical (unpaired) electrons. The molecule has 2 rings (SSSR count). The lowest BCUT2D eigenvalue weighted by Gasteiger charge is -2.31. The van der Waals surface area contributed by atoms with E-state index in [1.54, 1.807) is 13.0 Å². The van der Waals surface area contributed by atoms with E-state index in [-0.39, 0.29) is 18.4 Å². The van der Waals surface area contributed by atoms with Gasteiger partial charge >= 0.3 is 0 Å². The summed E-state index contributed by atoms with van der Waals surface area (Å²) in [6, 6.07) is 1.73. The Morgan fingerprint density at radius 3 is 2.81 bits per heavy atom. The largest absolute Gasteiger partial charge is 0.396 e. The van der Waals surface area contributed by atoms with Gasteiger partial charge in [-0.15, -0.1) is 0 Å². The lowest BCUT2D eigenvalue weighted by molar-refractivity contribution is -0.121. The third-order valence-electron chi connectivity index (χ3n) is 3.97. The molecule has 1 aliphatic heterocycles. The average molecular weight is 295 g/mol. The highest BCUT2D eigenvalue weighted by Crippen LogP contribution is 2.19. The van der Waals surface area contributed by atoms with E-state index in [9.17, 15) is 4.79 Å². The second-order valence-corrected chi connectivity index (χ2v) is 5.71. The van der Waals surface area contributed by atoms with Crippen LogP contribution in [0.4, 0.5) is 5.82 Å². The number of rotatable bonds is 7. The molecule has 0 saturated carbocycles. The Balaban J connectivity index is 1.67. The summed E-state index contributed by atoms with van der Waals surface area (Å²) in [7, 11) is 0. The maximum absolute atomic E-state index is 12.1. The van der Waals surface area contributed by atoms with Crippen LogP contribution in [0, 0.1) is 12.8 Å². The van der Waals surface area contributed by atoms with Gasteiger partial charge in [-0.25, -0.2) is 0 Å². The summed E-state index contributed by atoms with van der Waals surface area (Å²) in [4.78, 5) is 14.5. The quantitative estimate of drug-likeness (QED) is 0.750. The zero-order chi connectivity index (χ0) is 15.1. The molecule has 1 aromatic rings. The molecule has 0 spiro atoms. The van der Waals surface area contributed by atoms with Crippen LogP contribution in [-0.4, -0.2) is 47.3 Å². The third-order valence-corrected chi connectivity index (χ3v) is 3.97. The van der Waals surface area contributed by atoms with Gasteiger partial charge < -0.3 is 19.8 Å². The molecule has 1 aliphatic rings. The minimum Gasteiger partial charge on any atom is -0.396 e. The van der Waals surface area contributed by atoms with Crippen LogP contribution in [0.15, 0.2) is 10.6 Å². The van der Waals surface area contributed by atoms with Crippen LogP contribution in [0.1, 0.15) is 37.9 Å². The molecule has 2 heterocycles. The summed E-state index contributed by atoms with van der Waals surface area (Å²) in [5.74, 6) is 1.31. The number of nitrogens with zero attached hydrogens (tertiary/aromatic N) is 2. The Labute approximate surface area is 125 Å². The molecule has 1 saturated heterocycles. The fraction of sp³-hybridized carbons (Fsp3) is 0.733. The summed E-state index contributed by atoms with van der Waals surface area (Å²) in [6.45, 7) is 5.09. The number of aryl methyl sites for hydroxylation is 1. The number of carbonyl (C=O) groups excluding carboxylic acids is 1. The van der Waals surface area contributed by atoms with Gasteiger partial charge in [0, 0.05) is 18.6 Å². The van der Waals surface area contributed by atoms with Crippen LogP contribution in [0.3, 0.4) is 0 Å². The topological polar surface area (TPSA) is 78.6 Å². The Morgan fingerprint density at radius 1 is 1.43 bits per heavy atom. The minimum absolute atomic E-state index is 0.0447. The summed E-state index contributed by atoms with van der Waals surface area (Å²) < 4.78 is 4.94. The number of hydrogen-bond acceptors (Lipinski definition) is 5. The van der Waals surface area contributed by atoms with Crippen molar-refractivity contribution >= 4 is 11.7 Å². The maximum atomic E-state index is 12.1. The second-order valence-electron chi connectivity index (χ2n) is 5.71. The molecule has 1 amide bonds. The van der Waals surface area contributed by atoms with Gasteiger partial charge in [-0.05, 0) is 58.7 Å². The molecular weight excluding hydrogens is 270 g/mol. The maximum Gasteiger partial charge on any atom is 0.228 e. The van der Waals surface area contributed by atoms with Gasteiger partial charge in [-0.1, -0.05) is 5.16 Å². The first-order valence-electron chi connectivity index (χ1n) is 7.76. The van der Waals surface area contributed by atoms with Crippen molar-refractivity contribution in [2.24, 2.45) is 5.92 Å². The lowest BCUT2D eigenvalue weighted by atomic mass is 9.95. The number of aliphatic hydroxyl groups excluding tert-OH is 1. The summed E-state index contributed by atoms with van der Waals surface area (Å²) in [6.07, 6.45) is 4.86. The van der Waals surface area contributed by atoms with Crippen molar-refractivity contribution < 1.29 is 14.4 Å². The molecule has 0 unspecified atom stereocenters. The van der Waals surface area contributed by atoms with Crippen molar-refractivity contribution in [1.82, 2.24) is 10.1 Å². The van der Waals surface area contributed by atoms with Crippen LogP contribution in [-0.2, 0) is 4.79 Å². The second kappa shape index (κ2) is 8.14. The fourth-order valence-electron chi connectivity index (χ4n) is 2.70. The van der Waals surface area contributed by atoms with E-state index in [1.165, 1.54) is 0 Å². The van der Waals surface area contributed by atoms with Crippen LogP contribution in [0.25, 0.3) is 0 Å². The number of carbonyl (C=O) groups is 1. The predicted octanol–water partition coefficient (Wildman–Crippen LogP) is 1.80. The van der Waals surface area contributed by atoms with E-state index in [0.717, 1.165) is 51.7 Å². The van der Waals surface area contributed by atoms with E-state index in [0.29, 0.717) is 11.6 Å². The first-order valence-corrected chi connectivity index (χ1v) is 7.76. The molecule has 21 heavy (non-hydrogen) atoms. The monoisotopic (exact) mass is 295 g/mol. The molecule has 6 heteroatoms.